The van der Waals surface area contributed by atoms with Crippen LogP contribution < -0.4 is 0 Å². The molecule has 3 nitrogen and oxygen atoms in total. The molecule has 0 bridgehead atoms. The smallest absolute Gasteiger partial charge is 0.207 e. The zero-order valence-corrected chi connectivity index (χ0v) is 13.1. The maximum Gasteiger partial charge on any atom is 0.243 e. The van der Waals surface area contributed by atoms with Gasteiger partial charge in [0.1, 0.15) is 0 Å². The maximum absolute atomic E-state index is 12.5. The topological polar surface area (TPSA) is 37.4 Å². The summed E-state index contributed by atoms with van der Waals surface area (Å²) in [6, 6.07) is 5.34. The highest BCUT2D eigenvalue weighted by Crippen LogP contribution is 2.24. The van der Waals surface area contributed by atoms with Crippen molar-refractivity contribution in [1.29, 1.82) is 0 Å². The molecule has 0 spiro atoms. The average Bonchev–Trinajstić information content (AvgIpc) is 2.32. The molecule has 1 aliphatic rings. The monoisotopic (exact) mass is 331 g/mol. The molecule has 5 heteroatoms. The second-order valence-electron chi connectivity index (χ2n) is 4.85. The Morgan fingerprint density at radius 3 is 2.61 bits per heavy atom. The van der Waals surface area contributed by atoms with Crippen molar-refractivity contribution in [2.24, 2.45) is 0 Å². The molecule has 1 heterocycles. The van der Waals surface area contributed by atoms with Crippen molar-refractivity contribution in [3.63, 3.8) is 0 Å². The Morgan fingerprint density at radius 2 is 2.00 bits per heavy atom. The van der Waals surface area contributed by atoms with E-state index in [2.05, 4.69) is 15.9 Å². The van der Waals surface area contributed by atoms with Gasteiger partial charge in [0.05, 0.1) is 4.90 Å². The fourth-order valence-electron chi connectivity index (χ4n) is 2.13. The SMILES string of the molecule is Cc1ccc(S(=O)(=O)N2CCCC(Br)C2)cc1C. The van der Waals surface area contributed by atoms with Gasteiger partial charge < -0.3 is 0 Å². The molecule has 0 aliphatic carbocycles. The number of hydrogen-bond acceptors (Lipinski definition) is 2. The van der Waals surface area contributed by atoms with Crippen LogP contribution in [0, 0.1) is 13.8 Å². The van der Waals surface area contributed by atoms with Crippen molar-refractivity contribution in [2.75, 3.05) is 13.1 Å². The summed E-state index contributed by atoms with van der Waals surface area (Å²) in [5, 5.41) is 0. The van der Waals surface area contributed by atoms with Crippen molar-refractivity contribution in [1.82, 2.24) is 4.31 Å². The standard InChI is InChI=1S/C13H18BrNO2S/c1-10-5-6-13(8-11(10)2)18(16,17)15-7-3-4-12(14)9-15/h5-6,8,12H,3-4,7,9H2,1-2H3. The van der Waals surface area contributed by atoms with Crippen LogP contribution in [0.4, 0.5) is 0 Å². The van der Waals surface area contributed by atoms with Gasteiger partial charge in [-0.25, -0.2) is 8.42 Å². The molecule has 0 radical (unpaired) electrons. The molecule has 0 amide bonds. The van der Waals surface area contributed by atoms with Crippen LogP contribution in [0.2, 0.25) is 0 Å². The molecule has 100 valence electrons. The van der Waals surface area contributed by atoms with Gasteiger partial charge in [0.15, 0.2) is 0 Å². The summed E-state index contributed by atoms with van der Waals surface area (Å²) in [5.41, 5.74) is 2.13. The minimum atomic E-state index is -3.33. The highest BCUT2D eigenvalue weighted by Gasteiger charge is 2.29. The lowest BCUT2D eigenvalue weighted by atomic mass is 10.1. The molecule has 0 aromatic heterocycles. The molecule has 0 N–H and O–H groups in total. The molecule has 18 heavy (non-hydrogen) atoms. The third-order valence-corrected chi connectivity index (χ3v) is 6.05. The molecular formula is C13H18BrNO2S. The van der Waals surface area contributed by atoms with Crippen LogP contribution in [-0.4, -0.2) is 30.6 Å². The van der Waals surface area contributed by atoms with E-state index >= 15 is 0 Å². The fraction of sp³-hybridized carbons (Fsp3) is 0.538. The Balaban J connectivity index is 2.32. The van der Waals surface area contributed by atoms with Gasteiger partial charge in [-0.3, -0.25) is 0 Å². The van der Waals surface area contributed by atoms with Crippen molar-refractivity contribution >= 4 is 26.0 Å². The van der Waals surface area contributed by atoms with Gasteiger partial charge in [-0.05, 0) is 49.9 Å². The zero-order chi connectivity index (χ0) is 13.3. The summed E-state index contributed by atoms with van der Waals surface area (Å²) in [7, 11) is -3.33. The molecule has 0 saturated carbocycles. The number of piperidine rings is 1. The van der Waals surface area contributed by atoms with Crippen molar-refractivity contribution in [3.8, 4) is 0 Å². The molecule has 2 rings (SSSR count). The van der Waals surface area contributed by atoms with E-state index in [0.717, 1.165) is 24.0 Å². The summed E-state index contributed by atoms with van der Waals surface area (Å²) >= 11 is 3.51. The van der Waals surface area contributed by atoms with Gasteiger partial charge in [-0.2, -0.15) is 4.31 Å². The Bertz CT molecular complexity index is 542. The van der Waals surface area contributed by atoms with E-state index in [1.165, 1.54) is 0 Å². The van der Waals surface area contributed by atoms with Crippen LogP contribution in [0.25, 0.3) is 0 Å². The van der Waals surface area contributed by atoms with E-state index in [0.29, 0.717) is 18.0 Å². The van der Waals surface area contributed by atoms with E-state index in [-0.39, 0.29) is 4.83 Å². The van der Waals surface area contributed by atoms with Crippen molar-refractivity contribution in [3.05, 3.63) is 29.3 Å². The van der Waals surface area contributed by atoms with Gasteiger partial charge in [0, 0.05) is 17.9 Å². The molecule has 1 aliphatic heterocycles. The van der Waals surface area contributed by atoms with Gasteiger partial charge in [-0.1, -0.05) is 22.0 Å². The third-order valence-electron chi connectivity index (χ3n) is 3.44. The van der Waals surface area contributed by atoms with Crippen LogP contribution in [0.5, 0.6) is 0 Å². The van der Waals surface area contributed by atoms with Gasteiger partial charge >= 0.3 is 0 Å². The highest BCUT2D eigenvalue weighted by atomic mass is 79.9. The van der Waals surface area contributed by atoms with Crippen molar-refractivity contribution in [2.45, 2.75) is 36.4 Å². The summed E-state index contributed by atoms with van der Waals surface area (Å²) in [4.78, 5) is 0.680. The molecular weight excluding hydrogens is 314 g/mol. The predicted molar refractivity (Wildman–Crippen MR) is 76.6 cm³/mol. The van der Waals surface area contributed by atoms with Crippen LogP contribution in [0.3, 0.4) is 0 Å². The Hall–Kier alpha value is -0.390. The largest absolute Gasteiger partial charge is 0.243 e. The first-order valence-corrected chi connectivity index (χ1v) is 8.48. The van der Waals surface area contributed by atoms with E-state index in [1.54, 1.807) is 16.4 Å². The number of aryl methyl sites for hydroxylation is 2. The number of benzene rings is 1. The van der Waals surface area contributed by atoms with E-state index in [9.17, 15) is 8.42 Å². The highest BCUT2D eigenvalue weighted by molar-refractivity contribution is 9.09. The predicted octanol–water partition coefficient (Wildman–Crippen LogP) is 2.85. The second-order valence-corrected chi connectivity index (χ2v) is 8.08. The van der Waals surface area contributed by atoms with E-state index in [1.807, 2.05) is 19.9 Å². The number of alkyl halides is 1. The van der Waals surface area contributed by atoms with Gasteiger partial charge in [0.2, 0.25) is 10.0 Å². The lowest BCUT2D eigenvalue weighted by Gasteiger charge is -2.29. The number of sulfonamides is 1. The fourth-order valence-corrected chi connectivity index (χ4v) is 4.61. The first kappa shape index (κ1) is 14.0. The first-order valence-electron chi connectivity index (χ1n) is 6.13. The lowest BCUT2D eigenvalue weighted by molar-refractivity contribution is 0.356. The lowest BCUT2D eigenvalue weighted by Crippen LogP contribution is -2.40. The van der Waals surface area contributed by atoms with Crippen LogP contribution in [0.1, 0.15) is 24.0 Å². The van der Waals surface area contributed by atoms with Gasteiger partial charge in [0.25, 0.3) is 0 Å². The Kier molecular flexibility index (Phi) is 4.14. The first-order chi connectivity index (χ1) is 8.41. The zero-order valence-electron chi connectivity index (χ0n) is 10.7. The minimum absolute atomic E-state index is 0.271. The molecule has 1 aromatic rings. The number of halogens is 1. The normalized spacial score (nSPS) is 22.1. The number of rotatable bonds is 2. The molecule has 1 fully saturated rings. The molecule has 1 unspecified atom stereocenters. The maximum atomic E-state index is 12.5. The summed E-state index contributed by atoms with van der Waals surface area (Å²) < 4.78 is 26.6. The van der Waals surface area contributed by atoms with Crippen LogP contribution >= 0.6 is 15.9 Å². The Morgan fingerprint density at radius 1 is 1.28 bits per heavy atom. The molecule has 1 atom stereocenters. The number of nitrogens with zero attached hydrogens (tertiary/aromatic N) is 1. The van der Waals surface area contributed by atoms with Crippen LogP contribution in [0.15, 0.2) is 23.1 Å². The van der Waals surface area contributed by atoms with Gasteiger partial charge in [-0.15, -0.1) is 0 Å². The Labute approximate surface area is 117 Å². The van der Waals surface area contributed by atoms with Crippen molar-refractivity contribution < 1.29 is 8.42 Å². The van der Waals surface area contributed by atoms with E-state index < -0.39 is 10.0 Å². The third kappa shape index (κ3) is 2.78. The quantitative estimate of drug-likeness (QED) is 0.781. The average molecular weight is 332 g/mol. The summed E-state index contributed by atoms with van der Waals surface area (Å²) in [6.07, 6.45) is 1.96. The second kappa shape index (κ2) is 5.31. The number of hydrogen-bond donors (Lipinski definition) is 0. The molecule has 1 saturated heterocycles. The minimum Gasteiger partial charge on any atom is -0.207 e. The summed E-state index contributed by atoms with van der Waals surface area (Å²) in [5.74, 6) is 0. The van der Waals surface area contributed by atoms with E-state index in [4.69, 9.17) is 0 Å². The molecule has 1 aromatic carbocycles. The summed E-state index contributed by atoms with van der Waals surface area (Å²) in [6.45, 7) is 5.12. The van der Waals surface area contributed by atoms with Crippen LogP contribution in [-0.2, 0) is 10.0 Å².